The lowest BCUT2D eigenvalue weighted by Crippen LogP contribution is -2.37. The van der Waals surface area contributed by atoms with Crippen LogP contribution >= 0.6 is 15.9 Å². The summed E-state index contributed by atoms with van der Waals surface area (Å²) in [5.74, 6) is 0.205. The Labute approximate surface area is 121 Å². The minimum Gasteiger partial charge on any atom is -0.316 e. The smallest absolute Gasteiger partial charge is 0.143 e. The Bertz CT molecular complexity index is 450. The molecule has 1 saturated carbocycles. The summed E-state index contributed by atoms with van der Waals surface area (Å²) in [7, 11) is 1.88. The molecule has 1 aromatic rings. The van der Waals surface area contributed by atoms with Crippen LogP contribution in [0.3, 0.4) is 0 Å². The molecule has 19 heavy (non-hydrogen) atoms. The molecule has 0 saturated heterocycles. The molecule has 1 fully saturated rings. The summed E-state index contributed by atoms with van der Waals surface area (Å²) in [5.41, 5.74) is 0.188. The molecule has 3 atom stereocenters. The predicted octanol–water partition coefficient (Wildman–Crippen LogP) is 4.29. The van der Waals surface area contributed by atoms with Crippen molar-refractivity contribution in [3.05, 3.63) is 33.8 Å². The zero-order valence-corrected chi connectivity index (χ0v) is 12.9. The summed E-state index contributed by atoms with van der Waals surface area (Å²) in [6, 6.07) is 2.88. The minimum atomic E-state index is -0.467. The van der Waals surface area contributed by atoms with Gasteiger partial charge in [-0.25, -0.2) is 8.78 Å². The van der Waals surface area contributed by atoms with E-state index in [1.54, 1.807) is 0 Å². The Morgan fingerprint density at radius 3 is 2.68 bits per heavy atom. The van der Waals surface area contributed by atoms with Crippen LogP contribution in [-0.4, -0.2) is 13.1 Å². The normalized spacial score (nSPS) is 24.7. The van der Waals surface area contributed by atoms with Crippen molar-refractivity contribution in [2.45, 2.75) is 38.6 Å². The van der Waals surface area contributed by atoms with Crippen molar-refractivity contribution in [1.82, 2.24) is 5.32 Å². The molecule has 1 aliphatic carbocycles. The lowest BCUT2D eigenvalue weighted by atomic mass is 9.86. The van der Waals surface area contributed by atoms with E-state index in [2.05, 4.69) is 28.2 Å². The summed E-state index contributed by atoms with van der Waals surface area (Å²) in [6.07, 6.45) is 3.98. The maximum absolute atomic E-state index is 14.0. The monoisotopic (exact) mass is 331 g/mol. The molecule has 0 spiro atoms. The number of hydrogen-bond donors (Lipinski definition) is 1. The molecular weight excluding hydrogens is 312 g/mol. The second-order valence-corrected chi connectivity index (χ2v) is 6.35. The quantitative estimate of drug-likeness (QED) is 0.811. The molecule has 0 amide bonds. The zero-order chi connectivity index (χ0) is 14.0. The van der Waals surface area contributed by atoms with Gasteiger partial charge in [-0.1, -0.05) is 19.8 Å². The Kier molecular flexibility index (Phi) is 4.96. The zero-order valence-electron chi connectivity index (χ0n) is 11.3. The van der Waals surface area contributed by atoms with Crippen LogP contribution in [0.1, 0.15) is 31.7 Å². The molecule has 1 aliphatic rings. The number of nitrogens with one attached hydrogen (secondary N) is 1. The van der Waals surface area contributed by atoms with E-state index in [1.807, 2.05) is 7.05 Å². The van der Waals surface area contributed by atoms with Crippen molar-refractivity contribution in [2.75, 3.05) is 7.05 Å². The first-order valence-corrected chi connectivity index (χ1v) is 7.63. The molecule has 0 heterocycles. The van der Waals surface area contributed by atoms with Crippen LogP contribution in [0.15, 0.2) is 16.6 Å². The maximum Gasteiger partial charge on any atom is 0.143 e. The highest BCUT2D eigenvalue weighted by molar-refractivity contribution is 9.10. The fourth-order valence-electron chi connectivity index (χ4n) is 3.22. The number of hydrogen-bond acceptors (Lipinski definition) is 1. The van der Waals surface area contributed by atoms with Crippen LogP contribution in [0.2, 0.25) is 0 Å². The van der Waals surface area contributed by atoms with Crippen molar-refractivity contribution in [2.24, 2.45) is 11.8 Å². The maximum atomic E-state index is 14.0. The highest BCUT2D eigenvalue weighted by Crippen LogP contribution is 2.35. The number of benzene rings is 1. The summed E-state index contributed by atoms with van der Waals surface area (Å²) in [6.45, 7) is 2.23. The van der Waals surface area contributed by atoms with Crippen LogP contribution < -0.4 is 5.32 Å². The van der Waals surface area contributed by atoms with Gasteiger partial charge in [0.15, 0.2) is 0 Å². The Morgan fingerprint density at radius 1 is 1.37 bits per heavy atom. The molecule has 0 bridgehead atoms. The Morgan fingerprint density at radius 2 is 2.11 bits per heavy atom. The first-order chi connectivity index (χ1) is 9.04. The number of halogens is 3. The van der Waals surface area contributed by atoms with E-state index in [-0.39, 0.29) is 11.6 Å². The van der Waals surface area contributed by atoms with E-state index in [0.717, 1.165) is 6.42 Å². The van der Waals surface area contributed by atoms with E-state index in [4.69, 9.17) is 0 Å². The van der Waals surface area contributed by atoms with E-state index in [9.17, 15) is 8.78 Å². The van der Waals surface area contributed by atoms with Gasteiger partial charge in [-0.2, -0.15) is 0 Å². The van der Waals surface area contributed by atoms with Crippen LogP contribution in [0.4, 0.5) is 8.78 Å². The fourth-order valence-corrected chi connectivity index (χ4v) is 3.59. The molecule has 0 aliphatic heterocycles. The van der Waals surface area contributed by atoms with Gasteiger partial charge in [0.1, 0.15) is 11.6 Å². The van der Waals surface area contributed by atoms with Gasteiger partial charge in [-0.3, -0.25) is 0 Å². The Balaban J connectivity index is 2.21. The van der Waals surface area contributed by atoms with Gasteiger partial charge in [0.2, 0.25) is 0 Å². The van der Waals surface area contributed by atoms with E-state index < -0.39 is 11.6 Å². The van der Waals surface area contributed by atoms with E-state index in [1.165, 1.54) is 25.0 Å². The van der Waals surface area contributed by atoms with Crippen molar-refractivity contribution in [1.29, 1.82) is 0 Å². The predicted molar refractivity (Wildman–Crippen MR) is 77.1 cm³/mol. The highest BCUT2D eigenvalue weighted by atomic mass is 79.9. The van der Waals surface area contributed by atoms with E-state index >= 15 is 0 Å². The molecule has 2 rings (SSSR count). The average molecular weight is 332 g/mol. The molecule has 3 unspecified atom stereocenters. The molecule has 4 heteroatoms. The second-order valence-electron chi connectivity index (χ2n) is 5.49. The molecule has 1 nitrogen and oxygen atoms in total. The lowest BCUT2D eigenvalue weighted by molar-refractivity contribution is 0.303. The first kappa shape index (κ1) is 14.9. The fraction of sp³-hybridized carbons (Fsp3) is 0.600. The molecular formula is C15H20BrF2N. The molecule has 0 aromatic heterocycles. The van der Waals surface area contributed by atoms with Gasteiger partial charge in [0.05, 0.1) is 4.47 Å². The third-order valence-electron chi connectivity index (χ3n) is 4.38. The molecule has 0 radical (unpaired) electrons. The van der Waals surface area contributed by atoms with Gasteiger partial charge in [-0.15, -0.1) is 0 Å². The lowest BCUT2D eigenvalue weighted by Gasteiger charge is -2.27. The molecule has 106 valence electrons. The summed E-state index contributed by atoms with van der Waals surface area (Å²) < 4.78 is 28.2. The summed E-state index contributed by atoms with van der Waals surface area (Å²) in [5, 5.41) is 3.25. The topological polar surface area (TPSA) is 12.0 Å². The largest absolute Gasteiger partial charge is 0.316 e. The Hall–Kier alpha value is -0.480. The minimum absolute atomic E-state index is 0.135. The van der Waals surface area contributed by atoms with Crippen LogP contribution in [-0.2, 0) is 6.42 Å². The summed E-state index contributed by atoms with van der Waals surface area (Å²) >= 11 is 3.13. The highest BCUT2D eigenvalue weighted by Gasteiger charge is 2.31. The second kappa shape index (κ2) is 6.31. The van der Waals surface area contributed by atoms with Crippen LogP contribution in [0.5, 0.6) is 0 Å². The molecule has 1 N–H and O–H groups in total. The number of rotatable bonds is 4. The standard InChI is InChI=1S/C15H20BrF2N/c1-9-4-3-5-10(9)14(19-2)8-11-13(17)7-6-12(16)15(11)18/h6-7,9-10,14,19H,3-5,8H2,1-2H3. The van der Waals surface area contributed by atoms with Crippen molar-refractivity contribution < 1.29 is 8.78 Å². The SMILES string of the molecule is CNC(Cc1c(F)ccc(Br)c1F)C1CCCC1C. The van der Waals surface area contributed by atoms with Crippen molar-refractivity contribution >= 4 is 15.9 Å². The summed E-state index contributed by atoms with van der Waals surface area (Å²) in [4.78, 5) is 0. The van der Waals surface area contributed by atoms with Gasteiger partial charge in [0.25, 0.3) is 0 Å². The number of likely N-dealkylation sites (N-methyl/N-ethyl adjacent to an activating group) is 1. The van der Waals surface area contributed by atoms with Gasteiger partial charge < -0.3 is 5.32 Å². The van der Waals surface area contributed by atoms with Gasteiger partial charge in [0, 0.05) is 11.6 Å². The average Bonchev–Trinajstić information content (AvgIpc) is 2.81. The van der Waals surface area contributed by atoms with Gasteiger partial charge >= 0.3 is 0 Å². The molecule has 1 aromatic carbocycles. The van der Waals surface area contributed by atoms with Crippen molar-refractivity contribution in [3.63, 3.8) is 0 Å². The van der Waals surface area contributed by atoms with Crippen LogP contribution in [0, 0.1) is 23.5 Å². The first-order valence-electron chi connectivity index (χ1n) is 6.84. The van der Waals surface area contributed by atoms with Gasteiger partial charge in [-0.05, 0) is 59.8 Å². The van der Waals surface area contributed by atoms with Crippen LogP contribution in [0.25, 0.3) is 0 Å². The third kappa shape index (κ3) is 3.16. The van der Waals surface area contributed by atoms with Crippen molar-refractivity contribution in [3.8, 4) is 0 Å². The van der Waals surface area contributed by atoms with E-state index in [0.29, 0.717) is 22.7 Å². The third-order valence-corrected chi connectivity index (χ3v) is 4.99.